The fraction of sp³-hybridized carbons (Fsp3) is 1.00. The summed E-state index contributed by atoms with van der Waals surface area (Å²) >= 11 is 3.59. The van der Waals surface area contributed by atoms with Gasteiger partial charge in [-0.3, -0.25) is 0 Å². The maximum atomic E-state index is 4.10. The Morgan fingerprint density at radius 2 is 1.09 bits per heavy atom. The SMILES string of the molecule is CC(C)P(NC(C)(C)C(C)(C)NP(=[Se])(C(C)C)C(C)C)C(C)C. The van der Waals surface area contributed by atoms with Crippen molar-refractivity contribution in [2.45, 2.75) is 117 Å². The van der Waals surface area contributed by atoms with Gasteiger partial charge in [-0.05, 0) is 0 Å². The zero-order chi connectivity index (χ0) is 18.8. The molecular formula is C18H42N2P2Se. The molecule has 140 valence electrons. The van der Waals surface area contributed by atoms with E-state index in [2.05, 4.69) is 108 Å². The number of nitrogens with one attached hydrogen (secondary N) is 2. The average molecular weight is 427 g/mol. The van der Waals surface area contributed by atoms with Crippen LogP contribution in [0, 0.1) is 0 Å². The zero-order valence-electron chi connectivity index (χ0n) is 17.6. The van der Waals surface area contributed by atoms with E-state index in [4.69, 9.17) is 0 Å². The minimum absolute atomic E-state index is 0.0188. The van der Waals surface area contributed by atoms with Crippen molar-refractivity contribution in [1.82, 2.24) is 10.2 Å². The Hall–Kier alpha value is 1.30. The topological polar surface area (TPSA) is 24.1 Å². The molecule has 0 heterocycles. The van der Waals surface area contributed by atoms with Crippen LogP contribution in [-0.4, -0.2) is 48.8 Å². The third-order valence-electron chi connectivity index (χ3n) is 5.07. The molecule has 2 nitrogen and oxygen atoms in total. The molecule has 0 saturated carbocycles. The fourth-order valence-corrected chi connectivity index (χ4v) is 9.68. The second-order valence-corrected chi connectivity index (χ2v) is 19.6. The molecule has 0 saturated heterocycles. The molecule has 23 heavy (non-hydrogen) atoms. The van der Waals surface area contributed by atoms with Crippen LogP contribution in [0.25, 0.3) is 0 Å². The van der Waals surface area contributed by atoms with E-state index in [0.717, 1.165) is 0 Å². The van der Waals surface area contributed by atoms with Crippen LogP contribution in [0.4, 0.5) is 0 Å². The number of rotatable bonds is 9. The first kappa shape index (κ1) is 24.3. The van der Waals surface area contributed by atoms with E-state index in [1.165, 1.54) is 0 Å². The molecule has 5 heteroatoms. The van der Waals surface area contributed by atoms with Gasteiger partial charge >= 0.3 is 156 Å². The summed E-state index contributed by atoms with van der Waals surface area (Å²) in [5.74, 6) is 0. The van der Waals surface area contributed by atoms with Gasteiger partial charge in [0.05, 0.1) is 0 Å². The molecule has 0 radical (unpaired) electrons. The molecule has 0 aliphatic rings. The van der Waals surface area contributed by atoms with Gasteiger partial charge in [-0.15, -0.1) is 0 Å². The van der Waals surface area contributed by atoms with Crippen LogP contribution in [0.3, 0.4) is 0 Å². The van der Waals surface area contributed by atoms with E-state index >= 15 is 0 Å². The predicted molar refractivity (Wildman–Crippen MR) is 115 cm³/mol. The minimum atomic E-state index is -1.33. The van der Waals surface area contributed by atoms with Crippen LogP contribution in [0.5, 0.6) is 0 Å². The molecule has 0 rings (SSSR count). The van der Waals surface area contributed by atoms with Gasteiger partial charge in [0, 0.05) is 0 Å². The molecule has 2 N–H and O–H groups in total. The molecule has 0 fully saturated rings. The Morgan fingerprint density at radius 3 is 1.35 bits per heavy atom. The van der Waals surface area contributed by atoms with Gasteiger partial charge in [-0.25, -0.2) is 0 Å². The van der Waals surface area contributed by atoms with Crippen molar-refractivity contribution >= 4 is 28.8 Å². The second-order valence-electron chi connectivity index (χ2n) is 8.97. The molecule has 0 aliphatic carbocycles. The van der Waals surface area contributed by atoms with Crippen LogP contribution in [0.2, 0.25) is 0 Å². The molecule has 0 unspecified atom stereocenters. The molecule has 0 aliphatic heterocycles. The summed E-state index contributed by atoms with van der Waals surface area (Å²) in [6.07, 6.45) is 0. The van der Waals surface area contributed by atoms with Gasteiger partial charge in [-0.2, -0.15) is 0 Å². The van der Waals surface area contributed by atoms with Crippen molar-refractivity contribution in [2.24, 2.45) is 0 Å². The van der Waals surface area contributed by atoms with Crippen LogP contribution < -0.4 is 10.2 Å². The molecular weight excluding hydrogens is 385 g/mol. The van der Waals surface area contributed by atoms with Crippen LogP contribution in [0.15, 0.2) is 0 Å². The standard InChI is InChI=1S/C18H42N2P2Se/c1-13(2)21(14(3)4)19-17(9,10)18(11,12)20-22(23,15(5)6)16(7)8/h13-16,19H,1-12H3,(H,20,23). The molecule has 0 atom stereocenters. The first-order chi connectivity index (χ1) is 10.1. The summed E-state index contributed by atoms with van der Waals surface area (Å²) in [6, 6.07) is 0. The predicted octanol–water partition coefficient (Wildman–Crippen LogP) is 5.77. The van der Waals surface area contributed by atoms with Crippen molar-refractivity contribution in [1.29, 1.82) is 0 Å². The monoisotopic (exact) mass is 428 g/mol. The van der Waals surface area contributed by atoms with E-state index in [0.29, 0.717) is 22.6 Å². The van der Waals surface area contributed by atoms with E-state index in [1.54, 1.807) is 0 Å². The summed E-state index contributed by atoms with van der Waals surface area (Å²) in [5.41, 5.74) is 1.41. The Morgan fingerprint density at radius 1 is 0.739 bits per heavy atom. The van der Waals surface area contributed by atoms with Gasteiger partial charge in [0.2, 0.25) is 0 Å². The normalized spacial score (nSPS) is 14.8. The van der Waals surface area contributed by atoms with Crippen LogP contribution >= 0.6 is 13.7 Å². The van der Waals surface area contributed by atoms with Crippen molar-refractivity contribution in [3.8, 4) is 0 Å². The third kappa shape index (κ3) is 6.20. The fourth-order valence-electron chi connectivity index (χ4n) is 2.75. The van der Waals surface area contributed by atoms with Gasteiger partial charge in [0.25, 0.3) is 0 Å². The summed E-state index contributed by atoms with van der Waals surface area (Å²) in [4.78, 5) is 0. The maximum absolute atomic E-state index is 4.10. The van der Waals surface area contributed by atoms with Crippen LogP contribution in [0.1, 0.15) is 83.1 Å². The summed E-state index contributed by atoms with van der Waals surface area (Å²) in [5, 5.41) is 8.13. The molecule has 0 aromatic rings. The first-order valence-electron chi connectivity index (χ1n) is 9.03. The zero-order valence-corrected chi connectivity index (χ0v) is 21.1. The summed E-state index contributed by atoms with van der Waals surface area (Å²) in [6.45, 7) is 28.3. The molecule has 0 amide bonds. The number of hydrogen-bond donors (Lipinski definition) is 2. The summed E-state index contributed by atoms with van der Waals surface area (Å²) in [7, 11) is -0.191. The molecule has 0 bridgehead atoms. The Kier molecular flexibility index (Phi) is 9.29. The van der Waals surface area contributed by atoms with Gasteiger partial charge in [0.15, 0.2) is 0 Å². The summed E-state index contributed by atoms with van der Waals surface area (Å²) < 4.78 is 0. The third-order valence-corrected chi connectivity index (χ3v) is 18.0. The van der Waals surface area contributed by atoms with Crippen molar-refractivity contribution < 1.29 is 0 Å². The van der Waals surface area contributed by atoms with Gasteiger partial charge in [-0.1, -0.05) is 0 Å². The first-order valence-corrected chi connectivity index (χ1v) is 14.7. The van der Waals surface area contributed by atoms with Gasteiger partial charge in [0.1, 0.15) is 0 Å². The molecule has 0 aromatic carbocycles. The quantitative estimate of drug-likeness (QED) is 0.361. The van der Waals surface area contributed by atoms with E-state index in [9.17, 15) is 0 Å². The van der Waals surface area contributed by atoms with Crippen molar-refractivity contribution in [3.63, 3.8) is 0 Å². The van der Waals surface area contributed by atoms with E-state index in [-0.39, 0.29) is 19.2 Å². The van der Waals surface area contributed by atoms with E-state index in [1.807, 2.05) is 0 Å². The molecule has 0 spiro atoms. The Labute approximate surface area is 155 Å². The van der Waals surface area contributed by atoms with Crippen LogP contribution in [-0.2, 0) is 0 Å². The van der Waals surface area contributed by atoms with E-state index < -0.39 is 5.66 Å². The average Bonchev–Trinajstić information content (AvgIpc) is 2.33. The second kappa shape index (κ2) is 8.79. The van der Waals surface area contributed by atoms with Crippen molar-refractivity contribution in [2.75, 3.05) is 0 Å². The Bertz CT molecular complexity index is 395. The van der Waals surface area contributed by atoms with Gasteiger partial charge < -0.3 is 0 Å². The molecule has 0 aromatic heterocycles. The Balaban J connectivity index is 5.49. The number of hydrogen-bond acceptors (Lipinski definition) is 2. The van der Waals surface area contributed by atoms with Crippen molar-refractivity contribution in [3.05, 3.63) is 0 Å².